The minimum Gasteiger partial charge on any atom is -0.495 e. The molecule has 0 aliphatic carbocycles. The molecule has 0 radical (unpaired) electrons. The van der Waals surface area contributed by atoms with E-state index in [1.807, 2.05) is 12.1 Å². The monoisotopic (exact) mass is 472 g/mol. The van der Waals surface area contributed by atoms with Gasteiger partial charge in [0.2, 0.25) is 0 Å². The van der Waals surface area contributed by atoms with Crippen molar-refractivity contribution in [3.63, 3.8) is 0 Å². The molecule has 7 heteroatoms. The van der Waals surface area contributed by atoms with Gasteiger partial charge in [-0.25, -0.2) is 4.99 Å². The second-order valence-corrected chi connectivity index (χ2v) is 7.02. The third kappa shape index (κ3) is 3.58. The highest BCUT2D eigenvalue weighted by atomic mass is 127. The SMILES string of the molecule is COc1ccc(/C=C2/N=C(c3cc(I)ccc3Cl)NC2=O)cc1Cl. The molecular weight excluding hydrogens is 462 g/mol. The van der Waals surface area contributed by atoms with Crippen LogP contribution >= 0.6 is 45.8 Å². The molecular formula is C17H11Cl2IN2O2. The fourth-order valence-electron chi connectivity index (χ4n) is 2.21. The number of hydrogen-bond donors (Lipinski definition) is 1. The molecule has 2 aromatic carbocycles. The molecule has 4 nitrogen and oxygen atoms in total. The van der Waals surface area contributed by atoms with Crippen molar-refractivity contribution in [1.82, 2.24) is 5.32 Å². The number of nitrogens with zero attached hydrogens (tertiary/aromatic N) is 1. The van der Waals surface area contributed by atoms with Gasteiger partial charge in [-0.2, -0.15) is 0 Å². The van der Waals surface area contributed by atoms with Gasteiger partial charge in [0.05, 0.1) is 17.2 Å². The van der Waals surface area contributed by atoms with E-state index in [1.165, 1.54) is 0 Å². The summed E-state index contributed by atoms with van der Waals surface area (Å²) in [5.74, 6) is 0.728. The fraction of sp³-hybridized carbons (Fsp3) is 0.0588. The maximum absolute atomic E-state index is 12.2. The van der Waals surface area contributed by atoms with Crippen molar-refractivity contribution in [2.75, 3.05) is 7.11 Å². The molecule has 0 saturated carbocycles. The van der Waals surface area contributed by atoms with E-state index in [2.05, 4.69) is 32.9 Å². The number of amidine groups is 1. The molecule has 0 unspecified atom stereocenters. The molecule has 1 aliphatic heterocycles. The standard InChI is InChI=1S/C17H11Cl2IN2O2/c1-24-15-5-2-9(6-13(15)19)7-14-17(23)22-16(21-14)11-8-10(20)3-4-12(11)18/h2-8H,1H3,(H,21,22,23)/b14-7+. The first-order valence-electron chi connectivity index (χ1n) is 6.88. The number of rotatable bonds is 3. The molecule has 0 atom stereocenters. The van der Waals surface area contributed by atoms with Gasteiger partial charge in [0, 0.05) is 9.13 Å². The van der Waals surface area contributed by atoms with Crippen molar-refractivity contribution in [2.24, 2.45) is 4.99 Å². The summed E-state index contributed by atoms with van der Waals surface area (Å²) in [6.45, 7) is 0. The van der Waals surface area contributed by atoms with E-state index in [0.29, 0.717) is 32.9 Å². The molecule has 0 fully saturated rings. The highest BCUT2D eigenvalue weighted by Crippen LogP contribution is 2.27. The Hall–Kier alpha value is -1.57. The average molecular weight is 473 g/mol. The van der Waals surface area contributed by atoms with Gasteiger partial charge in [-0.05, 0) is 64.6 Å². The van der Waals surface area contributed by atoms with E-state index in [0.717, 1.165) is 9.13 Å². The lowest BCUT2D eigenvalue weighted by molar-refractivity contribution is -0.115. The summed E-state index contributed by atoms with van der Waals surface area (Å²) < 4.78 is 6.12. The Morgan fingerprint density at radius 1 is 1.17 bits per heavy atom. The number of nitrogens with one attached hydrogen (secondary N) is 1. The van der Waals surface area contributed by atoms with Crippen molar-refractivity contribution >= 4 is 63.6 Å². The highest BCUT2D eigenvalue weighted by Gasteiger charge is 2.23. The van der Waals surface area contributed by atoms with E-state index in [-0.39, 0.29) is 5.91 Å². The van der Waals surface area contributed by atoms with E-state index in [1.54, 1.807) is 37.5 Å². The fourth-order valence-corrected chi connectivity index (χ4v) is 3.17. The third-order valence-electron chi connectivity index (χ3n) is 3.36. The maximum atomic E-state index is 12.2. The Balaban J connectivity index is 1.97. The summed E-state index contributed by atoms with van der Waals surface area (Å²) >= 11 is 14.5. The van der Waals surface area contributed by atoms with Crippen LogP contribution in [0, 0.1) is 3.57 Å². The normalized spacial score (nSPS) is 15.4. The smallest absolute Gasteiger partial charge is 0.275 e. The van der Waals surface area contributed by atoms with Gasteiger partial charge >= 0.3 is 0 Å². The lowest BCUT2D eigenvalue weighted by Crippen LogP contribution is -2.25. The second-order valence-electron chi connectivity index (χ2n) is 4.96. The number of hydrogen-bond acceptors (Lipinski definition) is 3. The van der Waals surface area contributed by atoms with Gasteiger partial charge in [-0.1, -0.05) is 29.3 Å². The molecule has 0 saturated heterocycles. The van der Waals surface area contributed by atoms with E-state index >= 15 is 0 Å². The van der Waals surface area contributed by atoms with Crippen LogP contribution in [0.1, 0.15) is 11.1 Å². The number of benzene rings is 2. The van der Waals surface area contributed by atoms with E-state index < -0.39 is 0 Å². The van der Waals surface area contributed by atoms with Gasteiger partial charge in [0.15, 0.2) is 0 Å². The summed E-state index contributed by atoms with van der Waals surface area (Å²) in [7, 11) is 1.55. The molecule has 0 spiro atoms. The first-order valence-corrected chi connectivity index (χ1v) is 8.72. The molecule has 3 rings (SSSR count). The van der Waals surface area contributed by atoms with Crippen molar-refractivity contribution in [3.8, 4) is 5.75 Å². The molecule has 2 aromatic rings. The minimum absolute atomic E-state index is 0.285. The molecule has 122 valence electrons. The van der Waals surface area contributed by atoms with Gasteiger partial charge < -0.3 is 10.1 Å². The quantitative estimate of drug-likeness (QED) is 0.527. The van der Waals surface area contributed by atoms with Crippen LogP contribution in [0.3, 0.4) is 0 Å². The first-order chi connectivity index (χ1) is 11.5. The lowest BCUT2D eigenvalue weighted by atomic mass is 10.2. The van der Waals surface area contributed by atoms with Crippen LogP contribution in [0.15, 0.2) is 47.1 Å². The molecule has 1 amide bonds. The molecule has 1 heterocycles. The van der Waals surface area contributed by atoms with Crippen LogP contribution in [0.2, 0.25) is 10.0 Å². The molecule has 1 N–H and O–H groups in total. The predicted octanol–water partition coefficient (Wildman–Crippen LogP) is 4.52. The van der Waals surface area contributed by atoms with Gasteiger partial charge in [-0.3, -0.25) is 4.79 Å². The maximum Gasteiger partial charge on any atom is 0.275 e. The van der Waals surface area contributed by atoms with Crippen LogP contribution in [0.25, 0.3) is 6.08 Å². The Kier molecular flexibility index (Phi) is 5.12. The molecule has 24 heavy (non-hydrogen) atoms. The Morgan fingerprint density at radius 3 is 2.67 bits per heavy atom. The highest BCUT2D eigenvalue weighted by molar-refractivity contribution is 14.1. The van der Waals surface area contributed by atoms with Crippen LogP contribution in [-0.4, -0.2) is 18.9 Å². The summed E-state index contributed by atoms with van der Waals surface area (Å²) in [5, 5.41) is 3.74. The molecule has 0 aromatic heterocycles. The summed E-state index contributed by atoms with van der Waals surface area (Å²) in [5.41, 5.74) is 1.74. The zero-order valence-corrected chi connectivity index (χ0v) is 16.1. The third-order valence-corrected chi connectivity index (χ3v) is 4.66. The zero-order valence-electron chi connectivity index (χ0n) is 12.4. The van der Waals surface area contributed by atoms with Gasteiger partial charge in [0.1, 0.15) is 17.3 Å². The number of carbonyl (C=O) groups is 1. The van der Waals surface area contributed by atoms with Crippen molar-refractivity contribution < 1.29 is 9.53 Å². The second kappa shape index (κ2) is 7.13. The molecule has 0 bridgehead atoms. The number of halogens is 3. The van der Waals surface area contributed by atoms with Crippen LogP contribution in [0.5, 0.6) is 5.75 Å². The Labute approximate surface area is 162 Å². The van der Waals surface area contributed by atoms with Gasteiger partial charge in [-0.15, -0.1) is 0 Å². The van der Waals surface area contributed by atoms with Crippen LogP contribution in [0.4, 0.5) is 0 Å². The lowest BCUT2D eigenvalue weighted by Gasteiger charge is -2.03. The van der Waals surface area contributed by atoms with Crippen molar-refractivity contribution in [1.29, 1.82) is 0 Å². The number of carbonyl (C=O) groups excluding carboxylic acids is 1. The van der Waals surface area contributed by atoms with E-state index in [4.69, 9.17) is 27.9 Å². The minimum atomic E-state index is -0.285. The number of amides is 1. The number of ether oxygens (including phenoxy) is 1. The Bertz CT molecular complexity index is 894. The predicted molar refractivity (Wildman–Crippen MR) is 105 cm³/mol. The summed E-state index contributed by atoms with van der Waals surface area (Å²) in [4.78, 5) is 16.5. The van der Waals surface area contributed by atoms with Crippen LogP contribution in [-0.2, 0) is 4.79 Å². The van der Waals surface area contributed by atoms with Crippen LogP contribution < -0.4 is 10.1 Å². The van der Waals surface area contributed by atoms with Crippen molar-refractivity contribution in [3.05, 3.63) is 66.8 Å². The summed E-state index contributed by atoms with van der Waals surface area (Å²) in [6, 6.07) is 10.8. The Morgan fingerprint density at radius 2 is 1.96 bits per heavy atom. The number of methoxy groups -OCH3 is 1. The largest absolute Gasteiger partial charge is 0.495 e. The zero-order chi connectivity index (χ0) is 17.3. The summed E-state index contributed by atoms with van der Waals surface area (Å²) in [6.07, 6.45) is 1.66. The topological polar surface area (TPSA) is 50.7 Å². The van der Waals surface area contributed by atoms with Crippen molar-refractivity contribution in [2.45, 2.75) is 0 Å². The number of aliphatic imine (C=N–C) groups is 1. The van der Waals surface area contributed by atoms with E-state index in [9.17, 15) is 4.79 Å². The molecule has 1 aliphatic rings. The van der Waals surface area contributed by atoms with Gasteiger partial charge in [0.25, 0.3) is 5.91 Å². The average Bonchev–Trinajstić information content (AvgIpc) is 2.90. The first kappa shape index (κ1) is 17.3.